The number of aliphatic carboxylic acids is 1. The van der Waals surface area contributed by atoms with Crippen molar-refractivity contribution >= 4 is 17.6 Å². The van der Waals surface area contributed by atoms with Crippen molar-refractivity contribution in [2.75, 3.05) is 5.88 Å². The van der Waals surface area contributed by atoms with Gasteiger partial charge in [0, 0.05) is 12.3 Å². The molecule has 0 heterocycles. The number of hydrogen-bond acceptors (Lipinski definition) is 3. The molecule has 0 radical (unpaired) electrons. The van der Waals surface area contributed by atoms with Crippen LogP contribution in [0, 0.1) is 0 Å². The van der Waals surface area contributed by atoms with E-state index in [0.717, 1.165) is 0 Å². The lowest BCUT2D eigenvalue weighted by atomic mass is 10.1. The van der Waals surface area contributed by atoms with Crippen LogP contribution >= 0.6 is 11.6 Å². The molecule has 5 heteroatoms. The molecule has 0 saturated heterocycles. The van der Waals surface area contributed by atoms with Gasteiger partial charge in [0.15, 0.2) is 0 Å². The number of alkyl halides is 1. The van der Waals surface area contributed by atoms with Crippen LogP contribution in [0.2, 0.25) is 0 Å². The standard InChI is InChI=1S/C6H11ClO4/c7-3-5(9)1-4(8)2-6(10)11/h4-5,8-9H,1-3H2,(H,10,11)/t4-,5-/m0/s1. The molecule has 11 heavy (non-hydrogen) atoms. The summed E-state index contributed by atoms with van der Waals surface area (Å²) in [6.45, 7) is 0. The zero-order chi connectivity index (χ0) is 8.85. The molecule has 0 aliphatic heterocycles. The van der Waals surface area contributed by atoms with Gasteiger partial charge < -0.3 is 15.3 Å². The molecular formula is C6H11ClO4. The van der Waals surface area contributed by atoms with Crippen molar-refractivity contribution in [3.05, 3.63) is 0 Å². The molecule has 0 aromatic carbocycles. The van der Waals surface area contributed by atoms with Gasteiger partial charge in [0.1, 0.15) is 0 Å². The van der Waals surface area contributed by atoms with E-state index in [2.05, 4.69) is 0 Å². The van der Waals surface area contributed by atoms with E-state index in [1.165, 1.54) is 0 Å². The highest BCUT2D eigenvalue weighted by Gasteiger charge is 2.13. The molecule has 2 atom stereocenters. The molecule has 0 aromatic rings. The lowest BCUT2D eigenvalue weighted by molar-refractivity contribution is -0.139. The summed E-state index contributed by atoms with van der Waals surface area (Å²) < 4.78 is 0. The summed E-state index contributed by atoms with van der Waals surface area (Å²) in [5.41, 5.74) is 0. The minimum atomic E-state index is -1.08. The lowest BCUT2D eigenvalue weighted by Gasteiger charge is -2.10. The minimum Gasteiger partial charge on any atom is -0.481 e. The monoisotopic (exact) mass is 182 g/mol. The topological polar surface area (TPSA) is 77.8 Å². The van der Waals surface area contributed by atoms with Gasteiger partial charge >= 0.3 is 5.97 Å². The van der Waals surface area contributed by atoms with E-state index in [1.54, 1.807) is 0 Å². The van der Waals surface area contributed by atoms with Gasteiger partial charge in [-0.15, -0.1) is 11.6 Å². The fourth-order valence-corrected chi connectivity index (χ4v) is 0.788. The van der Waals surface area contributed by atoms with Crippen LogP contribution in [0.1, 0.15) is 12.8 Å². The SMILES string of the molecule is O=C(O)C[C@@H](O)C[C@H](O)CCl. The van der Waals surface area contributed by atoms with E-state index >= 15 is 0 Å². The van der Waals surface area contributed by atoms with Crippen LogP contribution < -0.4 is 0 Å². The van der Waals surface area contributed by atoms with Crippen LogP contribution in [-0.2, 0) is 4.79 Å². The third-order valence-corrected chi connectivity index (χ3v) is 1.49. The molecule has 4 nitrogen and oxygen atoms in total. The molecule has 0 aliphatic rings. The van der Waals surface area contributed by atoms with Crippen LogP contribution in [0.4, 0.5) is 0 Å². The summed E-state index contributed by atoms with van der Waals surface area (Å²) in [6.07, 6.45) is -2.18. The molecule has 0 spiro atoms. The molecule has 0 bridgehead atoms. The molecule has 0 rings (SSSR count). The number of carboxylic acid groups (broad SMARTS) is 1. The van der Waals surface area contributed by atoms with Crippen molar-refractivity contribution in [1.82, 2.24) is 0 Å². The summed E-state index contributed by atoms with van der Waals surface area (Å²) in [4.78, 5) is 10.0. The van der Waals surface area contributed by atoms with Gasteiger partial charge in [-0.05, 0) is 0 Å². The molecule has 0 saturated carbocycles. The average molecular weight is 183 g/mol. The Morgan fingerprint density at radius 1 is 1.36 bits per heavy atom. The van der Waals surface area contributed by atoms with Crippen molar-refractivity contribution in [2.45, 2.75) is 25.0 Å². The minimum absolute atomic E-state index is 0.00972. The zero-order valence-electron chi connectivity index (χ0n) is 5.90. The average Bonchev–Trinajstić information content (AvgIpc) is 1.85. The van der Waals surface area contributed by atoms with Crippen LogP contribution in [0.25, 0.3) is 0 Å². The van der Waals surface area contributed by atoms with Crippen molar-refractivity contribution < 1.29 is 20.1 Å². The number of aliphatic hydroxyl groups is 2. The van der Waals surface area contributed by atoms with E-state index in [-0.39, 0.29) is 18.7 Å². The highest BCUT2D eigenvalue weighted by atomic mass is 35.5. The quantitative estimate of drug-likeness (QED) is 0.515. The summed E-state index contributed by atoms with van der Waals surface area (Å²) in [5, 5.41) is 26.0. The van der Waals surface area contributed by atoms with Crippen molar-refractivity contribution in [3.63, 3.8) is 0 Å². The first-order chi connectivity index (χ1) is 5.06. The molecule has 66 valence electrons. The van der Waals surface area contributed by atoms with Crippen LogP contribution in [-0.4, -0.2) is 39.4 Å². The Kier molecular flexibility index (Phi) is 5.19. The Morgan fingerprint density at radius 2 is 1.91 bits per heavy atom. The first kappa shape index (κ1) is 10.7. The van der Waals surface area contributed by atoms with Gasteiger partial charge in [-0.1, -0.05) is 0 Å². The summed E-state index contributed by atoms with van der Waals surface area (Å²) in [7, 11) is 0. The first-order valence-electron chi connectivity index (χ1n) is 3.20. The third-order valence-electron chi connectivity index (χ3n) is 1.13. The second kappa shape index (κ2) is 5.35. The largest absolute Gasteiger partial charge is 0.481 e. The summed E-state index contributed by atoms with van der Waals surface area (Å²) in [5.74, 6) is -1.07. The Balaban J connectivity index is 3.51. The van der Waals surface area contributed by atoms with Gasteiger partial charge in [0.2, 0.25) is 0 Å². The van der Waals surface area contributed by atoms with E-state index in [9.17, 15) is 4.79 Å². The highest BCUT2D eigenvalue weighted by Crippen LogP contribution is 2.03. The maximum absolute atomic E-state index is 10.0. The Hall–Kier alpha value is -0.320. The number of carboxylic acids is 1. The summed E-state index contributed by atoms with van der Waals surface area (Å²) in [6, 6.07) is 0. The fraction of sp³-hybridized carbons (Fsp3) is 0.833. The normalized spacial score (nSPS) is 15.9. The Bertz CT molecular complexity index is 128. The predicted molar refractivity (Wildman–Crippen MR) is 39.6 cm³/mol. The van der Waals surface area contributed by atoms with E-state index in [4.69, 9.17) is 26.9 Å². The van der Waals surface area contributed by atoms with Crippen LogP contribution in [0.5, 0.6) is 0 Å². The molecule has 0 fully saturated rings. The van der Waals surface area contributed by atoms with Crippen molar-refractivity contribution in [1.29, 1.82) is 0 Å². The number of rotatable bonds is 5. The number of aliphatic hydroxyl groups excluding tert-OH is 2. The van der Waals surface area contributed by atoms with Crippen LogP contribution in [0.15, 0.2) is 0 Å². The van der Waals surface area contributed by atoms with Gasteiger partial charge in [0.05, 0.1) is 18.6 Å². The van der Waals surface area contributed by atoms with E-state index in [1.807, 2.05) is 0 Å². The van der Waals surface area contributed by atoms with Gasteiger partial charge in [0.25, 0.3) is 0 Å². The lowest BCUT2D eigenvalue weighted by Crippen LogP contribution is -2.21. The van der Waals surface area contributed by atoms with E-state index < -0.39 is 18.2 Å². The maximum Gasteiger partial charge on any atom is 0.305 e. The van der Waals surface area contributed by atoms with Crippen molar-refractivity contribution in [3.8, 4) is 0 Å². The number of carbonyl (C=O) groups is 1. The highest BCUT2D eigenvalue weighted by molar-refractivity contribution is 6.18. The van der Waals surface area contributed by atoms with Gasteiger partial charge in [-0.25, -0.2) is 0 Å². The van der Waals surface area contributed by atoms with Crippen LogP contribution in [0.3, 0.4) is 0 Å². The smallest absolute Gasteiger partial charge is 0.305 e. The molecule has 0 aliphatic carbocycles. The molecule has 3 N–H and O–H groups in total. The molecule has 0 unspecified atom stereocenters. The second-order valence-corrected chi connectivity index (χ2v) is 2.60. The number of halogens is 1. The summed E-state index contributed by atoms with van der Waals surface area (Å²) >= 11 is 5.22. The molecule has 0 aromatic heterocycles. The van der Waals surface area contributed by atoms with E-state index in [0.29, 0.717) is 0 Å². The second-order valence-electron chi connectivity index (χ2n) is 2.30. The fourth-order valence-electron chi connectivity index (χ4n) is 0.662. The maximum atomic E-state index is 10.0. The zero-order valence-corrected chi connectivity index (χ0v) is 6.66. The third kappa shape index (κ3) is 6.09. The predicted octanol–water partition coefficient (Wildman–Crippen LogP) is -0.188. The Labute approximate surface area is 69.4 Å². The Morgan fingerprint density at radius 3 is 2.27 bits per heavy atom. The van der Waals surface area contributed by atoms with Gasteiger partial charge in [-0.3, -0.25) is 4.79 Å². The van der Waals surface area contributed by atoms with Gasteiger partial charge in [-0.2, -0.15) is 0 Å². The number of hydrogen-bond donors (Lipinski definition) is 3. The molecule has 0 amide bonds. The first-order valence-corrected chi connectivity index (χ1v) is 3.73. The van der Waals surface area contributed by atoms with Crippen molar-refractivity contribution in [2.24, 2.45) is 0 Å². The molecular weight excluding hydrogens is 172 g/mol.